The summed E-state index contributed by atoms with van der Waals surface area (Å²) >= 11 is 0. The lowest BCUT2D eigenvalue weighted by Gasteiger charge is -2.18. The highest BCUT2D eigenvalue weighted by Gasteiger charge is 2.16. The van der Waals surface area contributed by atoms with Gasteiger partial charge in [0, 0.05) is 0 Å². The Labute approximate surface area is 180 Å². The number of hydrogen-bond donors (Lipinski definition) is 0. The van der Waals surface area contributed by atoms with Gasteiger partial charge in [-0.3, -0.25) is 0 Å². The molecule has 0 fully saturated rings. The Kier molecular flexibility index (Phi) is 4.07. The SMILES string of the molecule is Fc1ccc(-c2c3ccccc3c(-c3ccc4ccccc4c3)c3ccccc23)cc1. The summed E-state index contributed by atoms with van der Waals surface area (Å²) in [6.07, 6.45) is 0. The van der Waals surface area contributed by atoms with E-state index in [1.165, 1.54) is 55.6 Å². The summed E-state index contributed by atoms with van der Waals surface area (Å²) in [5, 5.41) is 7.23. The van der Waals surface area contributed by atoms with Gasteiger partial charge >= 0.3 is 0 Å². The Balaban J connectivity index is 1.76. The van der Waals surface area contributed by atoms with Crippen molar-refractivity contribution < 1.29 is 4.39 Å². The quantitative estimate of drug-likeness (QED) is 0.256. The molecule has 0 radical (unpaired) electrons. The van der Waals surface area contributed by atoms with Gasteiger partial charge in [0.15, 0.2) is 0 Å². The van der Waals surface area contributed by atoms with E-state index in [9.17, 15) is 4.39 Å². The molecule has 0 aliphatic rings. The molecule has 146 valence electrons. The Bertz CT molecular complexity index is 1520. The van der Waals surface area contributed by atoms with Gasteiger partial charge in [0.05, 0.1) is 0 Å². The van der Waals surface area contributed by atoms with Crippen LogP contribution in [-0.2, 0) is 0 Å². The van der Waals surface area contributed by atoms with E-state index in [0.29, 0.717) is 0 Å². The van der Waals surface area contributed by atoms with Crippen LogP contribution in [0, 0.1) is 5.82 Å². The highest BCUT2D eigenvalue weighted by atomic mass is 19.1. The summed E-state index contributed by atoms with van der Waals surface area (Å²) in [5.74, 6) is -0.217. The predicted octanol–water partition coefficient (Wildman–Crippen LogP) is 8.62. The van der Waals surface area contributed by atoms with Gasteiger partial charge in [-0.2, -0.15) is 0 Å². The average molecular weight is 398 g/mol. The molecule has 6 aromatic carbocycles. The van der Waals surface area contributed by atoms with E-state index in [1.807, 2.05) is 12.1 Å². The van der Waals surface area contributed by atoms with E-state index in [1.54, 1.807) is 0 Å². The third-order valence-corrected chi connectivity index (χ3v) is 6.10. The molecule has 0 aliphatic heterocycles. The van der Waals surface area contributed by atoms with Crippen LogP contribution in [0.3, 0.4) is 0 Å². The molecule has 0 N–H and O–H groups in total. The van der Waals surface area contributed by atoms with Crippen molar-refractivity contribution in [3.8, 4) is 22.3 Å². The fraction of sp³-hybridized carbons (Fsp3) is 0. The van der Waals surface area contributed by atoms with E-state index in [-0.39, 0.29) is 5.82 Å². The summed E-state index contributed by atoms with van der Waals surface area (Å²) in [6, 6.07) is 39.1. The van der Waals surface area contributed by atoms with Crippen LogP contribution >= 0.6 is 0 Å². The topological polar surface area (TPSA) is 0 Å². The van der Waals surface area contributed by atoms with E-state index in [2.05, 4.69) is 91.0 Å². The normalized spacial score (nSPS) is 11.4. The van der Waals surface area contributed by atoms with Crippen molar-refractivity contribution in [3.63, 3.8) is 0 Å². The van der Waals surface area contributed by atoms with Crippen molar-refractivity contribution in [1.29, 1.82) is 0 Å². The molecule has 0 atom stereocenters. The van der Waals surface area contributed by atoms with E-state index in [4.69, 9.17) is 0 Å². The van der Waals surface area contributed by atoms with Crippen molar-refractivity contribution in [2.24, 2.45) is 0 Å². The first-order valence-corrected chi connectivity index (χ1v) is 10.5. The van der Waals surface area contributed by atoms with Crippen LogP contribution in [0.15, 0.2) is 115 Å². The molecule has 0 unspecified atom stereocenters. The predicted molar refractivity (Wildman–Crippen MR) is 130 cm³/mol. The molecule has 0 spiro atoms. The van der Waals surface area contributed by atoms with Gasteiger partial charge in [0.25, 0.3) is 0 Å². The highest BCUT2D eigenvalue weighted by molar-refractivity contribution is 6.21. The summed E-state index contributed by atoms with van der Waals surface area (Å²) in [6.45, 7) is 0. The lowest BCUT2D eigenvalue weighted by atomic mass is 9.85. The molecule has 0 nitrogen and oxygen atoms in total. The van der Waals surface area contributed by atoms with Gasteiger partial charge < -0.3 is 0 Å². The third kappa shape index (κ3) is 2.90. The first kappa shape index (κ1) is 17.9. The Morgan fingerprint density at radius 1 is 0.387 bits per heavy atom. The first-order chi connectivity index (χ1) is 15.3. The Morgan fingerprint density at radius 3 is 1.42 bits per heavy atom. The van der Waals surface area contributed by atoms with E-state index in [0.717, 1.165) is 11.1 Å². The van der Waals surface area contributed by atoms with Crippen LogP contribution in [0.1, 0.15) is 0 Å². The third-order valence-electron chi connectivity index (χ3n) is 6.10. The second-order valence-electron chi connectivity index (χ2n) is 7.91. The average Bonchev–Trinajstić information content (AvgIpc) is 2.83. The fourth-order valence-corrected chi connectivity index (χ4v) is 4.71. The number of benzene rings is 6. The first-order valence-electron chi connectivity index (χ1n) is 10.5. The maximum atomic E-state index is 13.6. The Hall–Kier alpha value is -3.97. The van der Waals surface area contributed by atoms with Crippen LogP contribution in [0.5, 0.6) is 0 Å². The van der Waals surface area contributed by atoms with Crippen molar-refractivity contribution in [1.82, 2.24) is 0 Å². The maximum absolute atomic E-state index is 13.6. The molecule has 0 amide bonds. The molecule has 31 heavy (non-hydrogen) atoms. The molecule has 0 aromatic heterocycles. The lowest BCUT2D eigenvalue weighted by molar-refractivity contribution is 0.628. The Morgan fingerprint density at radius 2 is 0.839 bits per heavy atom. The fourth-order valence-electron chi connectivity index (χ4n) is 4.71. The summed E-state index contributed by atoms with van der Waals surface area (Å²) in [5.41, 5.74) is 4.62. The van der Waals surface area contributed by atoms with Crippen LogP contribution < -0.4 is 0 Å². The minimum Gasteiger partial charge on any atom is -0.207 e. The molecular formula is C30H19F. The second-order valence-corrected chi connectivity index (χ2v) is 7.91. The van der Waals surface area contributed by atoms with Gasteiger partial charge in [-0.05, 0) is 72.8 Å². The largest absolute Gasteiger partial charge is 0.207 e. The van der Waals surface area contributed by atoms with E-state index < -0.39 is 0 Å². The summed E-state index contributed by atoms with van der Waals surface area (Å²) in [7, 11) is 0. The molecule has 0 saturated heterocycles. The van der Waals surface area contributed by atoms with Gasteiger partial charge in [-0.25, -0.2) is 4.39 Å². The second kappa shape index (κ2) is 7.07. The van der Waals surface area contributed by atoms with Crippen LogP contribution in [-0.4, -0.2) is 0 Å². The number of halogens is 1. The van der Waals surface area contributed by atoms with Crippen LogP contribution in [0.25, 0.3) is 54.6 Å². The van der Waals surface area contributed by atoms with Gasteiger partial charge in [0.1, 0.15) is 5.82 Å². The van der Waals surface area contributed by atoms with E-state index >= 15 is 0 Å². The molecule has 0 aliphatic carbocycles. The number of rotatable bonds is 2. The zero-order valence-corrected chi connectivity index (χ0v) is 16.8. The maximum Gasteiger partial charge on any atom is 0.123 e. The molecule has 1 heteroatoms. The van der Waals surface area contributed by atoms with Gasteiger partial charge in [0.2, 0.25) is 0 Å². The van der Waals surface area contributed by atoms with Crippen molar-refractivity contribution in [2.75, 3.05) is 0 Å². The minimum absolute atomic E-state index is 0.217. The highest BCUT2D eigenvalue weighted by Crippen LogP contribution is 2.43. The molecule has 0 saturated carbocycles. The van der Waals surface area contributed by atoms with Crippen molar-refractivity contribution >= 4 is 32.3 Å². The summed E-state index contributed by atoms with van der Waals surface area (Å²) in [4.78, 5) is 0. The van der Waals surface area contributed by atoms with Gasteiger partial charge in [-0.15, -0.1) is 0 Å². The molecule has 0 bridgehead atoms. The smallest absolute Gasteiger partial charge is 0.123 e. The zero-order chi connectivity index (χ0) is 20.8. The monoisotopic (exact) mass is 398 g/mol. The molecule has 0 heterocycles. The molecular weight excluding hydrogens is 379 g/mol. The van der Waals surface area contributed by atoms with Crippen LogP contribution in [0.2, 0.25) is 0 Å². The zero-order valence-electron chi connectivity index (χ0n) is 16.8. The molecule has 6 rings (SSSR count). The number of fused-ring (bicyclic) bond motifs is 3. The lowest BCUT2D eigenvalue weighted by Crippen LogP contribution is -1.91. The van der Waals surface area contributed by atoms with Crippen molar-refractivity contribution in [2.45, 2.75) is 0 Å². The summed E-state index contributed by atoms with van der Waals surface area (Å²) < 4.78 is 13.6. The van der Waals surface area contributed by atoms with Gasteiger partial charge in [-0.1, -0.05) is 97.1 Å². The minimum atomic E-state index is -0.217. The number of hydrogen-bond acceptors (Lipinski definition) is 0. The molecule has 6 aromatic rings. The van der Waals surface area contributed by atoms with Crippen LogP contribution in [0.4, 0.5) is 4.39 Å². The van der Waals surface area contributed by atoms with Crippen molar-refractivity contribution in [3.05, 3.63) is 121 Å². The standard InChI is InChI=1S/C30H19F/c31-24-17-15-21(16-18-24)29-25-9-3-5-11-27(25)30(28-12-6-4-10-26(28)29)23-14-13-20-7-1-2-8-22(20)19-23/h1-19H.